The van der Waals surface area contributed by atoms with Crippen molar-refractivity contribution in [2.45, 2.75) is 20.1 Å². The maximum absolute atomic E-state index is 12.7. The lowest BCUT2D eigenvalue weighted by Gasteiger charge is -2.33. The smallest absolute Gasteiger partial charge is 0.451 e. The molecule has 0 radical (unpaired) electrons. The average molecular weight is 486 g/mol. The molecular weight excluding hydrogens is 462 g/mol. The molecule has 7 nitrogen and oxygen atoms in total. The number of benzene rings is 3. The van der Waals surface area contributed by atoms with E-state index >= 15 is 0 Å². The third-order valence-corrected chi connectivity index (χ3v) is 5.37. The maximum Gasteiger partial charge on any atom is 0.493 e. The van der Waals surface area contributed by atoms with Crippen LogP contribution in [0.15, 0.2) is 78.9 Å². The van der Waals surface area contributed by atoms with Crippen LogP contribution in [0.3, 0.4) is 0 Å². The molecule has 0 N–H and O–H groups in total. The predicted molar refractivity (Wildman–Crippen MR) is 125 cm³/mol. The Morgan fingerprint density at radius 1 is 0.824 bits per heavy atom. The molecule has 3 aromatic rings. The second kappa shape index (κ2) is 10.0. The summed E-state index contributed by atoms with van der Waals surface area (Å²) in [6, 6.07) is 22.2. The van der Waals surface area contributed by atoms with E-state index in [1.54, 1.807) is 0 Å². The van der Waals surface area contributed by atoms with Crippen molar-refractivity contribution in [3.63, 3.8) is 0 Å². The zero-order valence-electron chi connectivity index (χ0n) is 18.7. The second-order valence-electron chi connectivity index (χ2n) is 8.61. The van der Waals surface area contributed by atoms with E-state index in [0.29, 0.717) is 24.7 Å². The molecule has 34 heavy (non-hydrogen) atoms. The molecule has 0 aliphatic carbocycles. The summed E-state index contributed by atoms with van der Waals surface area (Å²) in [5.74, 6) is 0.774. The van der Waals surface area contributed by atoms with Crippen LogP contribution in [0.25, 0.3) is 0 Å². The first-order valence-electron chi connectivity index (χ1n) is 10.6. The van der Waals surface area contributed by atoms with Gasteiger partial charge in [0.25, 0.3) is 6.29 Å². The van der Waals surface area contributed by atoms with E-state index in [4.69, 9.17) is 18.8 Å². The summed E-state index contributed by atoms with van der Waals surface area (Å²) < 4.78 is 62.0. The van der Waals surface area contributed by atoms with E-state index in [9.17, 15) is 12.3 Å². The van der Waals surface area contributed by atoms with Crippen molar-refractivity contribution in [1.29, 1.82) is 0 Å². The van der Waals surface area contributed by atoms with Gasteiger partial charge in [0.1, 0.15) is 17.2 Å². The molecule has 1 unspecified atom stereocenters. The lowest BCUT2D eigenvalue weighted by Crippen LogP contribution is -2.47. The molecule has 1 heterocycles. The van der Waals surface area contributed by atoms with Crippen LogP contribution in [0.4, 0.5) is 3.89 Å². The summed E-state index contributed by atoms with van der Waals surface area (Å²) in [4.78, 5) is 0. The Morgan fingerprint density at radius 3 is 1.85 bits per heavy atom. The quantitative estimate of drug-likeness (QED) is 0.268. The first-order chi connectivity index (χ1) is 16.2. The molecule has 0 spiro atoms. The fourth-order valence-corrected chi connectivity index (χ4v) is 3.64. The van der Waals surface area contributed by atoms with Gasteiger partial charge in [-0.25, -0.2) is 0 Å². The number of hydrogen-bond acceptors (Lipinski definition) is 7. The Kier molecular flexibility index (Phi) is 7.11. The number of hydrogen-bond donors (Lipinski definition) is 0. The van der Waals surface area contributed by atoms with E-state index in [2.05, 4.69) is 18.0 Å². The zero-order chi connectivity index (χ0) is 24.2. The highest BCUT2D eigenvalue weighted by atomic mass is 32.3. The van der Waals surface area contributed by atoms with Crippen LogP contribution < -0.4 is 19.1 Å². The SMILES string of the molecule is CC1(C)COB(c2ccc(OC(Oc3ccc(OS(=O)(=O)F)cc3)c3ccccc3)cc2)OC1. The van der Waals surface area contributed by atoms with E-state index in [1.807, 2.05) is 54.6 Å². The normalized spacial score (nSPS) is 16.5. The van der Waals surface area contributed by atoms with Gasteiger partial charge in [-0.05, 0) is 41.9 Å². The number of rotatable bonds is 8. The van der Waals surface area contributed by atoms with Crippen LogP contribution in [0.1, 0.15) is 25.7 Å². The first kappa shape index (κ1) is 24.1. The molecule has 1 fully saturated rings. The number of halogens is 1. The van der Waals surface area contributed by atoms with Gasteiger partial charge >= 0.3 is 17.6 Å². The highest BCUT2D eigenvalue weighted by Gasteiger charge is 2.33. The van der Waals surface area contributed by atoms with E-state index in [-0.39, 0.29) is 11.2 Å². The van der Waals surface area contributed by atoms with Gasteiger partial charge in [-0.3, -0.25) is 0 Å². The average Bonchev–Trinajstić information content (AvgIpc) is 2.80. The van der Waals surface area contributed by atoms with E-state index in [0.717, 1.165) is 11.0 Å². The fourth-order valence-electron chi connectivity index (χ4n) is 3.29. The van der Waals surface area contributed by atoms with Crippen molar-refractivity contribution >= 4 is 23.1 Å². The predicted octanol–water partition coefficient (Wildman–Crippen LogP) is 4.20. The molecule has 0 bridgehead atoms. The maximum atomic E-state index is 12.7. The Balaban J connectivity index is 1.47. The molecule has 1 atom stereocenters. The molecular formula is C24H24BFO7S. The summed E-state index contributed by atoms with van der Waals surface area (Å²) in [6.07, 6.45) is -0.799. The Bertz CT molecular complexity index is 1180. The van der Waals surface area contributed by atoms with Gasteiger partial charge < -0.3 is 23.0 Å². The van der Waals surface area contributed by atoms with Gasteiger partial charge in [-0.15, -0.1) is 0 Å². The van der Waals surface area contributed by atoms with Crippen molar-refractivity contribution in [2.24, 2.45) is 5.41 Å². The topological polar surface area (TPSA) is 80.3 Å². The van der Waals surface area contributed by atoms with Crippen molar-refractivity contribution in [3.05, 3.63) is 84.4 Å². The van der Waals surface area contributed by atoms with Gasteiger partial charge in [0.2, 0.25) is 0 Å². The fraction of sp³-hybridized carbons (Fsp3) is 0.250. The third-order valence-electron chi connectivity index (χ3n) is 4.98. The summed E-state index contributed by atoms with van der Waals surface area (Å²) in [6.45, 7) is 5.41. The molecule has 1 saturated heterocycles. The van der Waals surface area contributed by atoms with Crippen molar-refractivity contribution in [1.82, 2.24) is 0 Å². The molecule has 0 amide bonds. The standard InChI is InChI=1S/C24H24BFO7S/c1-24(2)16-29-25(30-17-24)19-8-10-20(11-9-19)31-23(18-6-4-3-5-7-18)32-21-12-14-22(15-13-21)33-34(26,27)28/h3-15,23H,16-17H2,1-2H3. The van der Waals surface area contributed by atoms with Gasteiger partial charge in [0.05, 0.1) is 0 Å². The molecule has 1 aliphatic rings. The Labute approximate surface area is 198 Å². The summed E-state index contributed by atoms with van der Waals surface area (Å²) in [5, 5.41) is 0. The lowest BCUT2D eigenvalue weighted by atomic mass is 9.76. The first-order valence-corrected chi connectivity index (χ1v) is 11.9. The van der Waals surface area contributed by atoms with Gasteiger partial charge in [-0.1, -0.05) is 60.2 Å². The molecule has 4 rings (SSSR count). The summed E-state index contributed by atoms with van der Waals surface area (Å²) in [5.41, 5.74) is 1.64. The van der Waals surface area contributed by atoms with Crippen LogP contribution in [-0.4, -0.2) is 28.7 Å². The summed E-state index contributed by atoms with van der Waals surface area (Å²) in [7, 11) is -5.52. The minimum Gasteiger partial charge on any atom is -0.451 e. The van der Waals surface area contributed by atoms with Crippen LogP contribution in [0.5, 0.6) is 17.2 Å². The third kappa shape index (κ3) is 6.72. The molecule has 178 valence electrons. The summed E-state index contributed by atoms with van der Waals surface area (Å²) >= 11 is 0. The molecule has 0 aromatic heterocycles. The molecule has 1 aliphatic heterocycles. The van der Waals surface area contributed by atoms with Gasteiger partial charge in [-0.2, -0.15) is 8.42 Å². The van der Waals surface area contributed by atoms with Crippen LogP contribution >= 0.6 is 0 Å². The lowest BCUT2D eigenvalue weighted by molar-refractivity contribution is 0.00378. The Hall–Kier alpha value is -3.08. The van der Waals surface area contributed by atoms with Crippen LogP contribution in [-0.2, 0) is 19.8 Å². The largest absolute Gasteiger partial charge is 0.493 e. The molecule has 10 heteroatoms. The van der Waals surface area contributed by atoms with Crippen molar-refractivity contribution in [3.8, 4) is 17.2 Å². The monoisotopic (exact) mass is 486 g/mol. The van der Waals surface area contributed by atoms with Crippen LogP contribution in [0, 0.1) is 5.41 Å². The minimum absolute atomic E-state index is 0.00967. The zero-order valence-corrected chi connectivity index (χ0v) is 19.5. The highest BCUT2D eigenvalue weighted by Crippen LogP contribution is 2.28. The highest BCUT2D eigenvalue weighted by molar-refractivity contribution is 7.81. The Morgan fingerprint density at radius 2 is 1.32 bits per heavy atom. The molecule has 0 saturated carbocycles. The molecule has 3 aromatic carbocycles. The minimum atomic E-state index is -5.10. The van der Waals surface area contributed by atoms with E-state index < -0.39 is 23.9 Å². The number of ether oxygens (including phenoxy) is 2. The van der Waals surface area contributed by atoms with E-state index in [1.165, 1.54) is 24.3 Å². The van der Waals surface area contributed by atoms with Crippen molar-refractivity contribution < 1.29 is 35.3 Å². The van der Waals surface area contributed by atoms with Crippen LogP contribution in [0.2, 0.25) is 0 Å². The van der Waals surface area contributed by atoms with Gasteiger partial charge in [0.15, 0.2) is 0 Å². The second-order valence-corrected chi connectivity index (χ2v) is 9.57. The van der Waals surface area contributed by atoms with Crippen molar-refractivity contribution in [2.75, 3.05) is 13.2 Å². The van der Waals surface area contributed by atoms with Gasteiger partial charge in [0, 0.05) is 24.2 Å².